The molecule has 0 saturated heterocycles. The van der Waals surface area contributed by atoms with E-state index in [0.29, 0.717) is 5.56 Å². The zero-order chi connectivity index (χ0) is 11.2. The number of ether oxygens (including phenoxy) is 1. The SMILES string of the molecule is COc1c(C2(N)CC2)cc(F)c(F)c1Br. The average molecular weight is 278 g/mol. The molecule has 0 heterocycles. The van der Waals surface area contributed by atoms with Crippen LogP contribution in [0.2, 0.25) is 0 Å². The van der Waals surface area contributed by atoms with Gasteiger partial charge in [-0.2, -0.15) is 0 Å². The number of benzene rings is 1. The maximum atomic E-state index is 13.2. The van der Waals surface area contributed by atoms with Gasteiger partial charge in [0.05, 0.1) is 11.6 Å². The van der Waals surface area contributed by atoms with Crippen LogP contribution in [0, 0.1) is 11.6 Å². The van der Waals surface area contributed by atoms with Crippen molar-refractivity contribution in [1.29, 1.82) is 0 Å². The molecule has 1 aromatic carbocycles. The monoisotopic (exact) mass is 277 g/mol. The molecule has 0 bridgehead atoms. The Morgan fingerprint density at radius 1 is 1.47 bits per heavy atom. The first-order chi connectivity index (χ1) is 6.99. The van der Waals surface area contributed by atoms with Crippen molar-refractivity contribution >= 4 is 15.9 Å². The van der Waals surface area contributed by atoms with Crippen LogP contribution in [0.5, 0.6) is 5.75 Å². The van der Waals surface area contributed by atoms with Crippen LogP contribution in [0.4, 0.5) is 8.78 Å². The molecule has 0 spiro atoms. The summed E-state index contributed by atoms with van der Waals surface area (Å²) >= 11 is 2.97. The third-order valence-corrected chi connectivity index (χ3v) is 3.35. The van der Waals surface area contributed by atoms with Crippen molar-refractivity contribution < 1.29 is 13.5 Å². The molecule has 1 saturated carbocycles. The first-order valence-electron chi connectivity index (χ1n) is 4.50. The molecule has 0 atom stereocenters. The fourth-order valence-electron chi connectivity index (χ4n) is 1.55. The topological polar surface area (TPSA) is 35.2 Å². The predicted molar refractivity (Wildman–Crippen MR) is 55.7 cm³/mol. The van der Waals surface area contributed by atoms with Gasteiger partial charge in [-0.1, -0.05) is 0 Å². The first-order valence-corrected chi connectivity index (χ1v) is 5.30. The minimum absolute atomic E-state index is 0.00303. The van der Waals surface area contributed by atoms with E-state index in [0.717, 1.165) is 18.9 Å². The lowest BCUT2D eigenvalue weighted by Crippen LogP contribution is -2.20. The van der Waals surface area contributed by atoms with E-state index in [4.69, 9.17) is 10.5 Å². The van der Waals surface area contributed by atoms with Crippen molar-refractivity contribution in [1.82, 2.24) is 0 Å². The molecular formula is C10H10BrF2NO. The number of rotatable bonds is 2. The minimum Gasteiger partial charge on any atom is -0.495 e. The zero-order valence-electron chi connectivity index (χ0n) is 8.11. The van der Waals surface area contributed by atoms with Crippen molar-refractivity contribution in [3.63, 3.8) is 0 Å². The lowest BCUT2D eigenvalue weighted by molar-refractivity contribution is 0.391. The summed E-state index contributed by atoms with van der Waals surface area (Å²) in [6, 6.07) is 1.12. The summed E-state index contributed by atoms with van der Waals surface area (Å²) in [7, 11) is 1.41. The molecule has 1 aliphatic rings. The summed E-state index contributed by atoms with van der Waals surface area (Å²) in [5.74, 6) is -1.57. The highest BCUT2D eigenvalue weighted by Gasteiger charge is 2.43. The normalized spacial score (nSPS) is 17.7. The second-order valence-electron chi connectivity index (χ2n) is 3.72. The lowest BCUT2D eigenvalue weighted by Gasteiger charge is -2.16. The summed E-state index contributed by atoms with van der Waals surface area (Å²) in [5, 5.41) is 0. The van der Waals surface area contributed by atoms with Gasteiger partial charge in [-0.3, -0.25) is 0 Å². The molecule has 1 fully saturated rings. The molecular weight excluding hydrogens is 268 g/mol. The predicted octanol–water partition coefficient (Wildman–Crippen LogP) is 2.68. The Morgan fingerprint density at radius 2 is 2.07 bits per heavy atom. The van der Waals surface area contributed by atoms with Gasteiger partial charge in [0.2, 0.25) is 0 Å². The third-order valence-electron chi connectivity index (χ3n) is 2.65. The van der Waals surface area contributed by atoms with E-state index in [1.165, 1.54) is 7.11 Å². The molecule has 1 aromatic rings. The maximum Gasteiger partial charge on any atom is 0.176 e. The van der Waals surface area contributed by atoms with Gasteiger partial charge < -0.3 is 10.5 Å². The van der Waals surface area contributed by atoms with Crippen LogP contribution in [-0.2, 0) is 5.54 Å². The van der Waals surface area contributed by atoms with E-state index in [2.05, 4.69) is 15.9 Å². The fraction of sp³-hybridized carbons (Fsp3) is 0.400. The zero-order valence-corrected chi connectivity index (χ0v) is 9.70. The molecule has 15 heavy (non-hydrogen) atoms. The molecule has 0 radical (unpaired) electrons. The van der Waals surface area contributed by atoms with Crippen molar-refractivity contribution in [3.05, 3.63) is 27.7 Å². The Labute approximate surface area is 94.5 Å². The molecule has 5 heteroatoms. The highest BCUT2D eigenvalue weighted by Crippen LogP contribution is 2.49. The van der Waals surface area contributed by atoms with Gasteiger partial charge in [0.1, 0.15) is 5.75 Å². The van der Waals surface area contributed by atoms with Gasteiger partial charge in [0.25, 0.3) is 0 Å². The largest absolute Gasteiger partial charge is 0.495 e. The molecule has 0 unspecified atom stereocenters. The van der Waals surface area contributed by atoms with E-state index in [1.54, 1.807) is 0 Å². The highest BCUT2D eigenvalue weighted by atomic mass is 79.9. The Bertz CT molecular complexity index is 418. The standard InChI is InChI=1S/C10H10BrF2NO/c1-15-9-5(10(14)2-3-10)4-6(12)8(13)7(9)11/h4H,2-3,14H2,1H3. The maximum absolute atomic E-state index is 13.2. The van der Waals surface area contributed by atoms with Crippen LogP contribution < -0.4 is 10.5 Å². The Balaban J connectivity index is 2.63. The second kappa shape index (κ2) is 3.42. The molecule has 0 amide bonds. The Morgan fingerprint density at radius 3 is 2.53 bits per heavy atom. The summed E-state index contributed by atoms with van der Waals surface area (Å²) in [6.07, 6.45) is 1.53. The van der Waals surface area contributed by atoms with Gasteiger partial charge in [0, 0.05) is 11.1 Å². The summed E-state index contributed by atoms with van der Waals surface area (Å²) < 4.78 is 31.5. The van der Waals surface area contributed by atoms with Gasteiger partial charge >= 0.3 is 0 Å². The molecule has 0 aliphatic heterocycles. The lowest BCUT2D eigenvalue weighted by atomic mass is 10.0. The molecule has 0 aromatic heterocycles. The van der Waals surface area contributed by atoms with Gasteiger partial charge in [-0.25, -0.2) is 8.78 Å². The van der Waals surface area contributed by atoms with Crippen LogP contribution in [0.3, 0.4) is 0 Å². The van der Waals surface area contributed by atoms with Crippen molar-refractivity contribution in [2.45, 2.75) is 18.4 Å². The smallest absolute Gasteiger partial charge is 0.176 e. The fourth-order valence-corrected chi connectivity index (χ4v) is 2.12. The first kappa shape index (κ1) is 10.8. The van der Waals surface area contributed by atoms with Crippen molar-refractivity contribution in [2.24, 2.45) is 5.73 Å². The van der Waals surface area contributed by atoms with E-state index in [-0.39, 0.29) is 10.2 Å². The number of hydrogen-bond donors (Lipinski definition) is 1. The molecule has 2 rings (SSSR count). The van der Waals surface area contributed by atoms with E-state index >= 15 is 0 Å². The van der Waals surface area contributed by atoms with Gasteiger partial charge in [0.15, 0.2) is 11.6 Å². The number of nitrogens with two attached hydrogens (primary N) is 1. The van der Waals surface area contributed by atoms with E-state index in [1.807, 2.05) is 0 Å². The molecule has 82 valence electrons. The summed E-state index contributed by atoms with van der Waals surface area (Å²) in [4.78, 5) is 0. The summed E-state index contributed by atoms with van der Waals surface area (Å²) in [6.45, 7) is 0. The quantitative estimate of drug-likeness (QED) is 0.844. The van der Waals surface area contributed by atoms with Crippen molar-refractivity contribution in [2.75, 3.05) is 7.11 Å². The second-order valence-corrected chi connectivity index (χ2v) is 4.52. The molecule has 2 N–H and O–H groups in total. The van der Waals surface area contributed by atoms with Crippen molar-refractivity contribution in [3.8, 4) is 5.75 Å². The number of halogens is 3. The summed E-state index contributed by atoms with van der Waals surface area (Å²) in [5.41, 5.74) is 5.91. The Kier molecular flexibility index (Phi) is 2.47. The van der Waals surface area contributed by atoms with Crippen LogP contribution in [0.1, 0.15) is 18.4 Å². The molecule has 2 nitrogen and oxygen atoms in total. The average Bonchev–Trinajstić information content (AvgIpc) is 2.94. The van der Waals surface area contributed by atoms with Crippen LogP contribution >= 0.6 is 15.9 Å². The van der Waals surface area contributed by atoms with Crippen LogP contribution in [-0.4, -0.2) is 7.11 Å². The van der Waals surface area contributed by atoms with Crippen LogP contribution in [0.15, 0.2) is 10.5 Å². The molecule has 1 aliphatic carbocycles. The Hall–Kier alpha value is -0.680. The van der Waals surface area contributed by atoms with E-state index in [9.17, 15) is 8.78 Å². The third kappa shape index (κ3) is 1.63. The number of hydrogen-bond acceptors (Lipinski definition) is 2. The number of methoxy groups -OCH3 is 1. The minimum atomic E-state index is -0.945. The van der Waals surface area contributed by atoms with E-state index < -0.39 is 17.2 Å². The van der Waals surface area contributed by atoms with Gasteiger partial charge in [-0.15, -0.1) is 0 Å². The highest BCUT2D eigenvalue weighted by molar-refractivity contribution is 9.10. The van der Waals surface area contributed by atoms with Gasteiger partial charge in [-0.05, 0) is 34.8 Å². The van der Waals surface area contributed by atoms with Crippen LogP contribution in [0.25, 0.3) is 0 Å².